The summed E-state index contributed by atoms with van der Waals surface area (Å²) in [5, 5.41) is 0.827. The van der Waals surface area contributed by atoms with E-state index in [9.17, 15) is 4.79 Å². The molecule has 0 radical (unpaired) electrons. The molecule has 6 heteroatoms. The normalized spacial score (nSPS) is 13.9. The Kier molecular flexibility index (Phi) is 6.85. The molecule has 2 aromatic heterocycles. The van der Waals surface area contributed by atoms with Gasteiger partial charge < -0.3 is 4.98 Å². The van der Waals surface area contributed by atoms with Crippen molar-refractivity contribution in [3.05, 3.63) is 91.8 Å². The summed E-state index contributed by atoms with van der Waals surface area (Å²) < 4.78 is 2.09. The fraction of sp³-hybridized carbons (Fsp3) is 0.333. The first-order valence-corrected chi connectivity index (χ1v) is 13.0. The maximum absolute atomic E-state index is 13.4. The van der Waals surface area contributed by atoms with E-state index in [0.29, 0.717) is 4.77 Å². The van der Waals surface area contributed by atoms with E-state index >= 15 is 0 Å². The van der Waals surface area contributed by atoms with Crippen LogP contribution in [0.2, 0.25) is 0 Å². The minimum absolute atomic E-state index is 0.00400. The largest absolute Gasteiger partial charge is 0.323 e. The number of hydrogen-bond donors (Lipinski definition) is 1. The summed E-state index contributed by atoms with van der Waals surface area (Å²) in [4.78, 5) is 21.5. The molecule has 0 spiro atoms. The number of hydrogen-bond acceptors (Lipinski definition) is 4. The van der Waals surface area contributed by atoms with E-state index in [1.807, 2.05) is 30.3 Å². The molecule has 5 rings (SSSR count). The van der Waals surface area contributed by atoms with E-state index < -0.39 is 0 Å². The Morgan fingerprint density at radius 1 is 0.939 bits per heavy atom. The number of aryl methyl sites for hydroxylation is 1. The summed E-state index contributed by atoms with van der Waals surface area (Å²) >= 11 is 7.24. The highest BCUT2D eigenvalue weighted by Gasteiger charge is 2.24. The van der Waals surface area contributed by atoms with Gasteiger partial charge in [-0.05, 0) is 67.7 Å². The molecule has 0 fully saturated rings. The van der Waals surface area contributed by atoms with Crippen molar-refractivity contribution in [3.8, 4) is 5.69 Å². The molecule has 1 aliphatic rings. The quantitative estimate of drug-likeness (QED) is 0.241. The second-order valence-electron chi connectivity index (χ2n) is 8.79. The van der Waals surface area contributed by atoms with Crippen molar-refractivity contribution in [3.63, 3.8) is 0 Å². The third-order valence-corrected chi connectivity index (χ3v) is 7.94. The van der Waals surface area contributed by atoms with Crippen LogP contribution >= 0.6 is 23.6 Å². The maximum Gasteiger partial charge on any atom is 0.267 e. The van der Waals surface area contributed by atoms with Crippen molar-refractivity contribution in [1.82, 2.24) is 14.5 Å². The molecule has 33 heavy (non-hydrogen) atoms. The molecule has 0 amide bonds. The highest BCUT2D eigenvalue weighted by atomic mass is 32.1. The second kappa shape index (κ2) is 10.2. The first-order chi connectivity index (χ1) is 16.2. The predicted molar refractivity (Wildman–Crippen MR) is 140 cm³/mol. The minimum Gasteiger partial charge on any atom is -0.323 e. The van der Waals surface area contributed by atoms with E-state index in [1.54, 1.807) is 15.9 Å². The number of aromatic nitrogens is 2. The highest BCUT2D eigenvalue weighted by Crippen LogP contribution is 2.32. The molecule has 0 saturated carbocycles. The number of fused-ring (bicyclic) bond motifs is 3. The number of unbranched alkanes of at least 4 members (excludes halogenated alkanes) is 3. The summed E-state index contributed by atoms with van der Waals surface area (Å²) in [6.45, 7) is 3.08. The van der Waals surface area contributed by atoms with E-state index in [-0.39, 0.29) is 5.56 Å². The lowest BCUT2D eigenvalue weighted by Crippen LogP contribution is -2.31. The number of benzene rings is 2. The zero-order chi connectivity index (χ0) is 22.6. The molecule has 0 unspecified atom stereocenters. The highest BCUT2D eigenvalue weighted by molar-refractivity contribution is 7.71. The van der Waals surface area contributed by atoms with Gasteiger partial charge in [-0.3, -0.25) is 14.3 Å². The van der Waals surface area contributed by atoms with E-state index in [1.165, 1.54) is 48.1 Å². The van der Waals surface area contributed by atoms with Gasteiger partial charge >= 0.3 is 0 Å². The molecule has 0 saturated heterocycles. The van der Waals surface area contributed by atoms with Gasteiger partial charge in [-0.2, -0.15) is 0 Å². The number of para-hydroxylation sites is 1. The van der Waals surface area contributed by atoms with Crippen molar-refractivity contribution < 1.29 is 0 Å². The Labute approximate surface area is 203 Å². The van der Waals surface area contributed by atoms with Gasteiger partial charge in [0.15, 0.2) is 4.77 Å². The van der Waals surface area contributed by atoms with Crippen molar-refractivity contribution in [1.29, 1.82) is 0 Å². The van der Waals surface area contributed by atoms with Crippen LogP contribution < -0.4 is 5.56 Å². The number of H-pyrrole nitrogens is 1. The van der Waals surface area contributed by atoms with Crippen molar-refractivity contribution in [2.24, 2.45) is 0 Å². The van der Waals surface area contributed by atoms with E-state index in [2.05, 4.69) is 40.2 Å². The Bertz CT molecular complexity index is 1340. The third kappa shape index (κ3) is 4.88. The Morgan fingerprint density at radius 3 is 2.45 bits per heavy atom. The summed E-state index contributed by atoms with van der Waals surface area (Å²) in [6.07, 6.45) is 7.16. The standard InChI is InChI=1S/C27H29N3OS2/c31-26-24-22-16-18-29(17-10-2-1-5-11-20-12-6-3-7-13-20)19-23(22)33-25(24)28-27(32)30(26)21-14-8-4-9-15-21/h3-4,6-9,12-15H,1-2,5,10-11,16-19H2,(H,28,32). The van der Waals surface area contributed by atoms with Gasteiger partial charge in [0.2, 0.25) is 0 Å². The lowest BCUT2D eigenvalue weighted by molar-refractivity contribution is 0.251. The summed E-state index contributed by atoms with van der Waals surface area (Å²) in [6, 6.07) is 20.4. The molecule has 0 atom stereocenters. The van der Waals surface area contributed by atoms with Crippen molar-refractivity contribution in [2.45, 2.75) is 45.1 Å². The number of aromatic amines is 1. The second-order valence-corrected chi connectivity index (χ2v) is 10.3. The number of rotatable bonds is 8. The zero-order valence-corrected chi connectivity index (χ0v) is 20.4. The molecule has 1 aliphatic heterocycles. The molecule has 3 heterocycles. The fourth-order valence-electron chi connectivity index (χ4n) is 4.79. The summed E-state index contributed by atoms with van der Waals surface area (Å²) in [7, 11) is 0. The monoisotopic (exact) mass is 475 g/mol. The average molecular weight is 476 g/mol. The fourth-order valence-corrected chi connectivity index (χ4v) is 6.43. The zero-order valence-electron chi connectivity index (χ0n) is 18.8. The molecule has 4 aromatic rings. The molecular weight excluding hydrogens is 446 g/mol. The Balaban J connectivity index is 1.22. The van der Waals surface area contributed by atoms with Crippen LogP contribution in [0.5, 0.6) is 0 Å². The number of thiophene rings is 1. The maximum atomic E-state index is 13.4. The summed E-state index contributed by atoms with van der Waals surface area (Å²) in [5.41, 5.74) is 3.48. The molecule has 0 aliphatic carbocycles. The molecule has 170 valence electrons. The topological polar surface area (TPSA) is 41.0 Å². The van der Waals surface area contributed by atoms with Crippen LogP contribution in [0, 0.1) is 4.77 Å². The van der Waals surface area contributed by atoms with Gasteiger partial charge in [0.1, 0.15) is 4.83 Å². The van der Waals surface area contributed by atoms with Crippen LogP contribution in [0.1, 0.15) is 41.7 Å². The molecule has 1 N–H and O–H groups in total. The Hall–Kier alpha value is -2.54. The van der Waals surface area contributed by atoms with Gasteiger partial charge in [0.05, 0.1) is 11.1 Å². The Morgan fingerprint density at radius 2 is 1.67 bits per heavy atom. The van der Waals surface area contributed by atoms with Gasteiger partial charge in [0.25, 0.3) is 5.56 Å². The van der Waals surface area contributed by atoms with Crippen LogP contribution in [0.4, 0.5) is 0 Å². The molecule has 4 nitrogen and oxygen atoms in total. The van der Waals surface area contributed by atoms with Crippen LogP contribution in [0.3, 0.4) is 0 Å². The van der Waals surface area contributed by atoms with Crippen LogP contribution in [0.15, 0.2) is 65.5 Å². The van der Waals surface area contributed by atoms with Crippen molar-refractivity contribution in [2.75, 3.05) is 13.1 Å². The van der Waals surface area contributed by atoms with Crippen LogP contribution in [-0.2, 0) is 19.4 Å². The minimum atomic E-state index is 0.00400. The predicted octanol–water partition coefficient (Wildman–Crippen LogP) is 6.27. The van der Waals surface area contributed by atoms with Gasteiger partial charge in [-0.25, -0.2) is 0 Å². The van der Waals surface area contributed by atoms with Gasteiger partial charge in [0, 0.05) is 18.0 Å². The first-order valence-electron chi connectivity index (χ1n) is 11.8. The number of nitrogens with one attached hydrogen (secondary N) is 1. The van der Waals surface area contributed by atoms with Gasteiger partial charge in [-0.15, -0.1) is 11.3 Å². The molecule has 0 bridgehead atoms. The first kappa shape index (κ1) is 22.3. The van der Waals surface area contributed by atoms with E-state index in [4.69, 9.17) is 12.2 Å². The third-order valence-electron chi connectivity index (χ3n) is 6.52. The smallest absolute Gasteiger partial charge is 0.267 e. The number of nitrogens with zero attached hydrogens (tertiary/aromatic N) is 2. The van der Waals surface area contributed by atoms with Crippen molar-refractivity contribution >= 4 is 33.8 Å². The van der Waals surface area contributed by atoms with Crippen LogP contribution in [-0.4, -0.2) is 27.5 Å². The lowest BCUT2D eigenvalue weighted by atomic mass is 10.0. The molecular formula is C27H29N3OS2. The molecule has 2 aromatic carbocycles. The average Bonchev–Trinajstić information content (AvgIpc) is 3.20. The summed E-state index contributed by atoms with van der Waals surface area (Å²) in [5.74, 6) is 0. The lowest BCUT2D eigenvalue weighted by Gasteiger charge is -2.26. The SMILES string of the molecule is O=c1c2c3c(sc2[nH]c(=S)n1-c1ccccc1)CN(CCCCCCc1ccccc1)CC3. The van der Waals surface area contributed by atoms with Gasteiger partial charge in [-0.1, -0.05) is 61.4 Å². The van der Waals surface area contributed by atoms with E-state index in [0.717, 1.165) is 42.0 Å². The van der Waals surface area contributed by atoms with Crippen LogP contribution in [0.25, 0.3) is 15.9 Å².